The van der Waals surface area contributed by atoms with Crippen molar-refractivity contribution in [3.63, 3.8) is 0 Å². The van der Waals surface area contributed by atoms with Crippen molar-refractivity contribution in [1.29, 1.82) is 0 Å². The number of methoxy groups -OCH3 is 2. The van der Waals surface area contributed by atoms with Gasteiger partial charge in [-0.15, -0.1) is 0 Å². The molecule has 0 saturated carbocycles. The number of amides is 1. The highest BCUT2D eigenvalue weighted by Crippen LogP contribution is 2.28. The number of carbonyl (C=O) groups is 2. The van der Waals surface area contributed by atoms with Crippen LogP contribution in [0, 0.1) is 0 Å². The van der Waals surface area contributed by atoms with Crippen LogP contribution in [0.4, 0.5) is 0 Å². The fourth-order valence-corrected chi connectivity index (χ4v) is 3.48. The minimum Gasteiger partial charge on any atom is -0.480 e. The number of carbonyl (C=O) groups excluding carboxylic acids is 2. The number of hydrogen-bond acceptors (Lipinski definition) is 5. The summed E-state index contributed by atoms with van der Waals surface area (Å²) in [6.07, 6.45) is 2.04. The number of nitrogens with one attached hydrogen (secondary N) is 1. The van der Waals surface area contributed by atoms with Gasteiger partial charge in [0.05, 0.1) is 19.7 Å². The molecule has 0 aliphatic heterocycles. The second-order valence-electron chi connectivity index (χ2n) is 6.79. The summed E-state index contributed by atoms with van der Waals surface area (Å²) in [5.74, 6) is -0.432. The van der Waals surface area contributed by atoms with Crippen LogP contribution in [0.2, 0.25) is 5.02 Å². The third-order valence-corrected chi connectivity index (χ3v) is 4.93. The van der Waals surface area contributed by atoms with E-state index in [0.717, 1.165) is 18.4 Å². The highest BCUT2D eigenvalue weighted by atomic mass is 35.5. The van der Waals surface area contributed by atoms with Gasteiger partial charge in [-0.05, 0) is 42.2 Å². The Hall–Kier alpha value is -3.12. The lowest BCUT2D eigenvalue weighted by molar-refractivity contribution is -0.121. The Bertz CT molecular complexity index is 1050. The van der Waals surface area contributed by atoms with E-state index in [2.05, 4.69) is 22.4 Å². The largest absolute Gasteiger partial charge is 0.480 e. The summed E-state index contributed by atoms with van der Waals surface area (Å²) < 4.78 is 10.0. The lowest BCUT2D eigenvalue weighted by Crippen LogP contribution is -2.22. The molecule has 1 aromatic heterocycles. The summed E-state index contributed by atoms with van der Waals surface area (Å²) in [5.41, 5.74) is 2.77. The molecule has 30 heavy (non-hydrogen) atoms. The summed E-state index contributed by atoms with van der Waals surface area (Å²) in [5, 5.41) is 4.07. The van der Waals surface area contributed by atoms with E-state index in [1.807, 2.05) is 18.2 Å². The van der Waals surface area contributed by atoms with Crippen LogP contribution in [-0.4, -0.2) is 31.1 Å². The molecule has 1 amide bonds. The molecule has 0 aliphatic rings. The summed E-state index contributed by atoms with van der Waals surface area (Å²) in [7, 11) is 2.73. The molecule has 0 aliphatic carbocycles. The Balaban J connectivity index is 1.72. The Labute approximate surface area is 180 Å². The van der Waals surface area contributed by atoms with Gasteiger partial charge in [0.15, 0.2) is 0 Å². The minimum atomic E-state index is -0.547. The van der Waals surface area contributed by atoms with Crippen LogP contribution in [0.1, 0.15) is 34.3 Å². The van der Waals surface area contributed by atoms with Gasteiger partial charge in [0.25, 0.3) is 0 Å². The average Bonchev–Trinajstić information content (AvgIpc) is 2.76. The maximum atomic E-state index is 12.3. The number of aryl methyl sites for hydroxylation is 1. The standard InChI is InChI=1S/C23H23ClN2O4/c1-29-22-19(23(28)30-2)13-16-11-18(24)12-17(21(16)26-22)14-25-20(27)10-6-9-15-7-4-3-5-8-15/h3-5,7-8,11-13H,6,9-10,14H2,1-2H3,(H,25,27). The van der Waals surface area contributed by atoms with Gasteiger partial charge < -0.3 is 14.8 Å². The highest BCUT2D eigenvalue weighted by molar-refractivity contribution is 6.31. The summed E-state index contributed by atoms with van der Waals surface area (Å²) in [6.45, 7) is 0.273. The SMILES string of the molecule is COC(=O)c1cc2cc(Cl)cc(CNC(=O)CCCc3ccccc3)c2nc1OC. The molecular formula is C23H23ClN2O4. The number of esters is 1. The molecule has 7 heteroatoms. The number of pyridine rings is 1. The zero-order chi connectivity index (χ0) is 21.5. The third kappa shape index (κ3) is 5.27. The number of aromatic nitrogens is 1. The van der Waals surface area contributed by atoms with E-state index in [1.165, 1.54) is 19.8 Å². The molecule has 0 saturated heterocycles. The Kier molecular flexibility index (Phi) is 7.25. The van der Waals surface area contributed by atoms with Gasteiger partial charge >= 0.3 is 5.97 Å². The van der Waals surface area contributed by atoms with Crippen molar-refractivity contribution in [3.05, 3.63) is 70.2 Å². The monoisotopic (exact) mass is 426 g/mol. The lowest BCUT2D eigenvalue weighted by Gasteiger charge is -2.12. The number of nitrogens with zero attached hydrogens (tertiary/aromatic N) is 1. The molecule has 0 radical (unpaired) electrons. The molecule has 1 heterocycles. The lowest BCUT2D eigenvalue weighted by atomic mass is 10.1. The van der Waals surface area contributed by atoms with Gasteiger partial charge in [-0.2, -0.15) is 0 Å². The number of rotatable bonds is 8. The second-order valence-corrected chi connectivity index (χ2v) is 7.23. The van der Waals surface area contributed by atoms with Gasteiger partial charge in [0.1, 0.15) is 5.56 Å². The second kappa shape index (κ2) is 10.1. The van der Waals surface area contributed by atoms with Gasteiger partial charge in [-0.25, -0.2) is 9.78 Å². The third-order valence-electron chi connectivity index (χ3n) is 4.71. The van der Waals surface area contributed by atoms with Crippen molar-refractivity contribution in [2.24, 2.45) is 0 Å². The predicted octanol–water partition coefficient (Wildman–Crippen LogP) is 4.32. The smallest absolute Gasteiger partial charge is 0.343 e. The summed E-state index contributed by atoms with van der Waals surface area (Å²) >= 11 is 6.24. The van der Waals surface area contributed by atoms with Crippen LogP contribution >= 0.6 is 11.6 Å². The Morgan fingerprint density at radius 1 is 1.10 bits per heavy atom. The maximum absolute atomic E-state index is 12.3. The fourth-order valence-electron chi connectivity index (χ4n) is 3.23. The number of halogens is 1. The molecule has 3 rings (SSSR count). The number of benzene rings is 2. The summed E-state index contributed by atoms with van der Waals surface area (Å²) in [6, 6.07) is 15.2. The predicted molar refractivity (Wildman–Crippen MR) is 116 cm³/mol. The quantitative estimate of drug-likeness (QED) is 0.543. The zero-order valence-corrected chi connectivity index (χ0v) is 17.7. The minimum absolute atomic E-state index is 0.0443. The molecule has 2 aromatic carbocycles. The van der Waals surface area contributed by atoms with Crippen LogP contribution in [-0.2, 0) is 22.5 Å². The van der Waals surface area contributed by atoms with E-state index in [-0.39, 0.29) is 23.9 Å². The molecule has 0 atom stereocenters. The van der Waals surface area contributed by atoms with E-state index in [9.17, 15) is 9.59 Å². The molecule has 0 bridgehead atoms. The highest BCUT2D eigenvalue weighted by Gasteiger charge is 2.18. The summed E-state index contributed by atoms with van der Waals surface area (Å²) in [4.78, 5) is 28.7. The molecule has 0 spiro atoms. The average molecular weight is 427 g/mol. The van der Waals surface area contributed by atoms with Crippen molar-refractivity contribution in [1.82, 2.24) is 10.3 Å². The van der Waals surface area contributed by atoms with Crippen LogP contribution in [0.3, 0.4) is 0 Å². The first-order chi connectivity index (χ1) is 14.5. The Morgan fingerprint density at radius 2 is 1.87 bits per heavy atom. The zero-order valence-electron chi connectivity index (χ0n) is 16.9. The van der Waals surface area contributed by atoms with Crippen molar-refractivity contribution in [2.75, 3.05) is 14.2 Å². The number of fused-ring (bicyclic) bond motifs is 1. The van der Waals surface area contributed by atoms with Gasteiger partial charge in [0.2, 0.25) is 11.8 Å². The van der Waals surface area contributed by atoms with Gasteiger partial charge in [-0.1, -0.05) is 41.9 Å². The van der Waals surface area contributed by atoms with E-state index in [0.29, 0.717) is 22.3 Å². The molecular weight excluding hydrogens is 404 g/mol. The van der Waals surface area contributed by atoms with Crippen LogP contribution in [0.25, 0.3) is 10.9 Å². The first kappa shape index (κ1) is 21.6. The first-order valence-electron chi connectivity index (χ1n) is 9.58. The van der Waals surface area contributed by atoms with Crippen LogP contribution < -0.4 is 10.1 Å². The van der Waals surface area contributed by atoms with Crippen molar-refractivity contribution < 1.29 is 19.1 Å². The van der Waals surface area contributed by atoms with Crippen molar-refractivity contribution in [2.45, 2.75) is 25.8 Å². The van der Waals surface area contributed by atoms with Crippen molar-refractivity contribution >= 4 is 34.4 Å². The maximum Gasteiger partial charge on any atom is 0.343 e. The molecule has 0 unspecified atom stereocenters. The van der Waals surface area contributed by atoms with E-state index < -0.39 is 5.97 Å². The van der Waals surface area contributed by atoms with Crippen molar-refractivity contribution in [3.8, 4) is 5.88 Å². The number of ether oxygens (including phenoxy) is 2. The normalized spacial score (nSPS) is 10.6. The molecule has 6 nitrogen and oxygen atoms in total. The molecule has 156 valence electrons. The topological polar surface area (TPSA) is 77.5 Å². The number of hydrogen-bond donors (Lipinski definition) is 1. The van der Waals surface area contributed by atoms with Crippen LogP contribution in [0.15, 0.2) is 48.5 Å². The van der Waals surface area contributed by atoms with E-state index in [1.54, 1.807) is 18.2 Å². The van der Waals surface area contributed by atoms with Gasteiger partial charge in [-0.3, -0.25) is 4.79 Å². The molecule has 1 N–H and O–H groups in total. The van der Waals surface area contributed by atoms with Gasteiger partial charge in [0, 0.05) is 23.4 Å². The van der Waals surface area contributed by atoms with Crippen LogP contribution in [0.5, 0.6) is 5.88 Å². The van der Waals surface area contributed by atoms with E-state index >= 15 is 0 Å². The molecule has 3 aromatic rings. The first-order valence-corrected chi connectivity index (χ1v) is 9.95. The molecule has 0 fully saturated rings. The fraction of sp³-hybridized carbons (Fsp3) is 0.261. The Morgan fingerprint density at radius 3 is 2.57 bits per heavy atom. The van der Waals surface area contributed by atoms with E-state index in [4.69, 9.17) is 21.1 Å².